The summed E-state index contributed by atoms with van der Waals surface area (Å²) < 4.78 is 10.9. The van der Waals surface area contributed by atoms with Crippen molar-refractivity contribution in [2.75, 3.05) is 13.7 Å². The molecule has 0 N–H and O–H groups in total. The molecular weight excluding hydrogens is 176 g/mol. The monoisotopic (exact) mass is 194 g/mol. The normalized spacial score (nSPS) is 9.93. The molecule has 0 bridgehead atoms. The number of methoxy groups -OCH3 is 1. The summed E-state index contributed by atoms with van der Waals surface area (Å²) >= 11 is 0. The molecule has 0 amide bonds. The topological polar surface area (TPSA) is 18.5 Å². The van der Waals surface area contributed by atoms with Gasteiger partial charge in [0.2, 0.25) is 0 Å². The minimum Gasteiger partial charge on any atom is -0.493 e. The quantitative estimate of drug-likeness (QED) is 0.670. The third-order valence-electron chi connectivity index (χ3n) is 2.14. The maximum atomic E-state index is 5.62. The van der Waals surface area contributed by atoms with Gasteiger partial charge in [0.1, 0.15) is 0 Å². The van der Waals surface area contributed by atoms with Crippen LogP contribution in [0.1, 0.15) is 25.3 Å². The molecule has 1 aromatic carbocycles. The number of unbranched alkanes of at least 4 members (excludes halogenated alkanes) is 1. The summed E-state index contributed by atoms with van der Waals surface area (Å²) in [5.74, 6) is 1.70. The third kappa shape index (κ3) is 2.66. The molecule has 78 valence electrons. The van der Waals surface area contributed by atoms with E-state index >= 15 is 0 Å². The van der Waals surface area contributed by atoms with Crippen LogP contribution in [0.4, 0.5) is 0 Å². The third-order valence-corrected chi connectivity index (χ3v) is 2.14. The second-order valence-corrected chi connectivity index (χ2v) is 3.31. The van der Waals surface area contributed by atoms with Crippen LogP contribution in [0.25, 0.3) is 0 Å². The second kappa shape index (κ2) is 5.53. The lowest BCUT2D eigenvalue weighted by atomic mass is 10.2. The molecular formula is C12H18O2. The number of hydrogen-bond donors (Lipinski definition) is 0. The van der Waals surface area contributed by atoms with E-state index < -0.39 is 0 Å². The summed E-state index contributed by atoms with van der Waals surface area (Å²) in [4.78, 5) is 0. The summed E-state index contributed by atoms with van der Waals surface area (Å²) in [6.07, 6.45) is 2.23. The van der Waals surface area contributed by atoms with Gasteiger partial charge in [-0.2, -0.15) is 0 Å². The summed E-state index contributed by atoms with van der Waals surface area (Å²) in [6.45, 7) is 4.93. The largest absolute Gasteiger partial charge is 0.493 e. The van der Waals surface area contributed by atoms with Crippen molar-refractivity contribution < 1.29 is 9.47 Å². The van der Waals surface area contributed by atoms with Gasteiger partial charge in [-0.1, -0.05) is 25.5 Å². The van der Waals surface area contributed by atoms with E-state index in [0.717, 1.165) is 36.5 Å². The second-order valence-electron chi connectivity index (χ2n) is 3.31. The Balaban J connectivity index is 2.70. The van der Waals surface area contributed by atoms with Crippen LogP contribution in [0.15, 0.2) is 18.2 Å². The van der Waals surface area contributed by atoms with Crippen molar-refractivity contribution in [1.82, 2.24) is 0 Å². The zero-order valence-electron chi connectivity index (χ0n) is 9.17. The molecule has 14 heavy (non-hydrogen) atoms. The van der Waals surface area contributed by atoms with Gasteiger partial charge in [0.25, 0.3) is 0 Å². The standard InChI is InChI=1S/C12H18O2/c1-4-5-9-14-11-8-6-7-10(2)12(11)13-3/h6-8H,4-5,9H2,1-3H3. The van der Waals surface area contributed by atoms with Gasteiger partial charge in [-0.3, -0.25) is 0 Å². The van der Waals surface area contributed by atoms with E-state index in [9.17, 15) is 0 Å². The summed E-state index contributed by atoms with van der Waals surface area (Å²) in [7, 11) is 1.68. The van der Waals surface area contributed by atoms with Gasteiger partial charge in [0, 0.05) is 0 Å². The first kappa shape index (κ1) is 10.9. The predicted molar refractivity (Wildman–Crippen MR) is 58.1 cm³/mol. The van der Waals surface area contributed by atoms with E-state index in [0.29, 0.717) is 0 Å². The van der Waals surface area contributed by atoms with Gasteiger partial charge in [-0.25, -0.2) is 0 Å². The number of para-hydroxylation sites is 1. The fourth-order valence-corrected chi connectivity index (χ4v) is 1.33. The van der Waals surface area contributed by atoms with Crippen LogP contribution < -0.4 is 9.47 Å². The molecule has 0 radical (unpaired) electrons. The Morgan fingerprint density at radius 3 is 2.71 bits per heavy atom. The van der Waals surface area contributed by atoms with Crippen molar-refractivity contribution in [1.29, 1.82) is 0 Å². The summed E-state index contributed by atoms with van der Waals surface area (Å²) in [5.41, 5.74) is 1.11. The number of rotatable bonds is 5. The van der Waals surface area contributed by atoms with Crippen LogP contribution in [0, 0.1) is 6.92 Å². The predicted octanol–water partition coefficient (Wildman–Crippen LogP) is 3.18. The van der Waals surface area contributed by atoms with Crippen molar-refractivity contribution in [2.24, 2.45) is 0 Å². The Bertz CT molecular complexity index is 282. The number of hydrogen-bond acceptors (Lipinski definition) is 2. The molecule has 0 aliphatic carbocycles. The van der Waals surface area contributed by atoms with Gasteiger partial charge >= 0.3 is 0 Å². The summed E-state index contributed by atoms with van der Waals surface area (Å²) in [6, 6.07) is 5.95. The lowest BCUT2D eigenvalue weighted by molar-refractivity contribution is 0.287. The molecule has 2 heteroatoms. The smallest absolute Gasteiger partial charge is 0.163 e. The van der Waals surface area contributed by atoms with Gasteiger partial charge in [-0.05, 0) is 25.0 Å². The molecule has 0 aliphatic heterocycles. The molecule has 0 aromatic heterocycles. The average Bonchev–Trinajstić information content (AvgIpc) is 2.18. The minimum absolute atomic E-state index is 0.760. The Kier molecular flexibility index (Phi) is 4.30. The summed E-state index contributed by atoms with van der Waals surface area (Å²) in [5, 5.41) is 0. The molecule has 0 saturated heterocycles. The van der Waals surface area contributed by atoms with Crippen molar-refractivity contribution in [3.05, 3.63) is 23.8 Å². The zero-order chi connectivity index (χ0) is 10.4. The van der Waals surface area contributed by atoms with E-state index in [2.05, 4.69) is 6.92 Å². The molecule has 0 saturated carbocycles. The molecule has 1 rings (SSSR count). The maximum absolute atomic E-state index is 5.62. The van der Waals surface area contributed by atoms with E-state index in [-0.39, 0.29) is 0 Å². The number of ether oxygens (including phenoxy) is 2. The molecule has 2 nitrogen and oxygen atoms in total. The number of benzene rings is 1. The highest BCUT2D eigenvalue weighted by molar-refractivity contribution is 5.45. The number of aryl methyl sites for hydroxylation is 1. The van der Waals surface area contributed by atoms with Gasteiger partial charge in [-0.15, -0.1) is 0 Å². The fraction of sp³-hybridized carbons (Fsp3) is 0.500. The van der Waals surface area contributed by atoms with Gasteiger partial charge in [0.15, 0.2) is 11.5 Å². The Hall–Kier alpha value is -1.18. The van der Waals surface area contributed by atoms with Crippen molar-refractivity contribution in [3.63, 3.8) is 0 Å². The van der Waals surface area contributed by atoms with Crippen molar-refractivity contribution in [2.45, 2.75) is 26.7 Å². The SMILES string of the molecule is CCCCOc1cccc(C)c1OC. The molecule has 0 atom stereocenters. The molecule has 0 aliphatic rings. The van der Waals surface area contributed by atoms with Crippen LogP contribution in [-0.4, -0.2) is 13.7 Å². The lowest BCUT2D eigenvalue weighted by Gasteiger charge is -2.11. The minimum atomic E-state index is 0.760. The highest BCUT2D eigenvalue weighted by Crippen LogP contribution is 2.30. The highest BCUT2D eigenvalue weighted by Gasteiger charge is 2.05. The zero-order valence-corrected chi connectivity index (χ0v) is 9.17. The maximum Gasteiger partial charge on any atom is 0.163 e. The van der Waals surface area contributed by atoms with Crippen LogP contribution in [0.2, 0.25) is 0 Å². The Morgan fingerprint density at radius 1 is 1.29 bits per heavy atom. The molecule has 0 fully saturated rings. The first-order valence-corrected chi connectivity index (χ1v) is 5.06. The van der Waals surface area contributed by atoms with E-state index in [1.54, 1.807) is 7.11 Å². The lowest BCUT2D eigenvalue weighted by Crippen LogP contribution is -1.99. The molecule has 0 unspecified atom stereocenters. The van der Waals surface area contributed by atoms with Gasteiger partial charge in [0.05, 0.1) is 13.7 Å². The molecule has 1 aromatic rings. The molecule has 0 spiro atoms. The highest BCUT2D eigenvalue weighted by atomic mass is 16.5. The van der Waals surface area contributed by atoms with Crippen molar-refractivity contribution in [3.8, 4) is 11.5 Å². The van der Waals surface area contributed by atoms with Crippen LogP contribution in [0.5, 0.6) is 11.5 Å². The van der Waals surface area contributed by atoms with Crippen LogP contribution in [0.3, 0.4) is 0 Å². The van der Waals surface area contributed by atoms with E-state index in [4.69, 9.17) is 9.47 Å². The molecule has 0 heterocycles. The van der Waals surface area contributed by atoms with E-state index in [1.807, 2.05) is 25.1 Å². The first-order valence-electron chi connectivity index (χ1n) is 5.06. The van der Waals surface area contributed by atoms with Gasteiger partial charge < -0.3 is 9.47 Å². The average molecular weight is 194 g/mol. The first-order chi connectivity index (χ1) is 6.79. The van der Waals surface area contributed by atoms with Crippen molar-refractivity contribution >= 4 is 0 Å². The Morgan fingerprint density at radius 2 is 2.07 bits per heavy atom. The van der Waals surface area contributed by atoms with Crippen LogP contribution in [-0.2, 0) is 0 Å². The fourth-order valence-electron chi connectivity index (χ4n) is 1.33. The van der Waals surface area contributed by atoms with Crippen LogP contribution >= 0.6 is 0 Å². The van der Waals surface area contributed by atoms with E-state index in [1.165, 1.54) is 0 Å². The Labute approximate surface area is 85.8 Å².